The van der Waals surface area contributed by atoms with E-state index in [9.17, 15) is 18.9 Å². The van der Waals surface area contributed by atoms with Crippen molar-refractivity contribution in [3.05, 3.63) is 52.6 Å². The molecule has 0 aromatic heterocycles. The molecule has 0 fully saturated rings. The van der Waals surface area contributed by atoms with Crippen LogP contribution in [0.1, 0.15) is 22.3 Å². The number of sulfonamides is 1. The van der Waals surface area contributed by atoms with Gasteiger partial charge < -0.3 is 4.90 Å². The molecule has 3 rings (SSSR count). The number of hydrogen-bond donors (Lipinski definition) is 1. The van der Waals surface area contributed by atoms with Crippen LogP contribution < -0.4 is 4.72 Å². The minimum absolute atomic E-state index is 0.318. The maximum absolute atomic E-state index is 11.6. The highest BCUT2D eigenvalue weighted by Gasteiger charge is 2.24. The molecule has 0 unspecified atom stereocenters. The molecule has 1 heterocycles. The summed E-state index contributed by atoms with van der Waals surface area (Å²) in [5.74, 6) is 0. The summed E-state index contributed by atoms with van der Waals surface area (Å²) in [4.78, 5) is 1.55. The molecule has 26 heavy (non-hydrogen) atoms. The first-order chi connectivity index (χ1) is 12.3. The van der Waals surface area contributed by atoms with Gasteiger partial charge in [-0.15, -0.1) is 0 Å². The van der Waals surface area contributed by atoms with Crippen LogP contribution in [0.2, 0.25) is 0 Å². The Hall–Kier alpha value is -3.54. The van der Waals surface area contributed by atoms with Crippen molar-refractivity contribution < 1.29 is 8.42 Å². The summed E-state index contributed by atoms with van der Waals surface area (Å²) >= 11 is 0. The second kappa shape index (κ2) is 6.40. The van der Waals surface area contributed by atoms with E-state index in [1.165, 1.54) is 6.07 Å². The van der Waals surface area contributed by atoms with Crippen LogP contribution in [0.5, 0.6) is 0 Å². The quantitative estimate of drug-likeness (QED) is 0.835. The number of anilines is 1. The Morgan fingerprint density at radius 2 is 1.81 bits per heavy atom. The van der Waals surface area contributed by atoms with Crippen LogP contribution in [-0.2, 0) is 23.1 Å². The molecule has 2 aromatic rings. The fourth-order valence-corrected chi connectivity index (χ4v) is 3.58. The standard InChI is InChI=1S/C18H13N5O2S/c1-26(24,25)22-15-5-14-9-23(11-21)10-18(14)17(6-15)16-3-2-12(7-19)4-13(16)8-20/h2-6,22H,9-10H2,1H3. The Balaban J connectivity index is 2.23. The van der Waals surface area contributed by atoms with Gasteiger partial charge in [-0.05, 0) is 46.5 Å². The van der Waals surface area contributed by atoms with Gasteiger partial charge in [0.2, 0.25) is 10.0 Å². The van der Waals surface area contributed by atoms with Crippen molar-refractivity contribution in [2.24, 2.45) is 0 Å². The highest BCUT2D eigenvalue weighted by Crippen LogP contribution is 2.37. The maximum Gasteiger partial charge on any atom is 0.229 e. The number of rotatable bonds is 3. The SMILES string of the molecule is CS(=O)(=O)Nc1cc2c(c(-c3ccc(C#N)cc3C#N)c1)CN(C#N)C2. The number of nitrogens with one attached hydrogen (secondary N) is 1. The summed E-state index contributed by atoms with van der Waals surface area (Å²) in [6.07, 6.45) is 3.15. The second-order valence-corrected chi connectivity index (χ2v) is 7.72. The van der Waals surface area contributed by atoms with Crippen LogP contribution in [-0.4, -0.2) is 19.6 Å². The van der Waals surface area contributed by atoms with Crippen LogP contribution in [0.4, 0.5) is 5.69 Å². The fraction of sp³-hybridized carbons (Fsp3) is 0.167. The topological polar surface area (TPSA) is 121 Å². The molecule has 0 atom stereocenters. The predicted molar refractivity (Wildman–Crippen MR) is 94.6 cm³/mol. The zero-order valence-electron chi connectivity index (χ0n) is 13.8. The van der Waals surface area contributed by atoms with Gasteiger partial charge in [-0.1, -0.05) is 6.07 Å². The third-order valence-corrected chi connectivity index (χ3v) is 4.66. The molecule has 0 bridgehead atoms. The van der Waals surface area contributed by atoms with Gasteiger partial charge in [0.05, 0.1) is 42.6 Å². The lowest BCUT2D eigenvalue weighted by Gasteiger charge is -2.13. The van der Waals surface area contributed by atoms with E-state index in [2.05, 4.69) is 17.0 Å². The summed E-state index contributed by atoms with van der Waals surface area (Å²) in [6, 6.07) is 12.2. The molecule has 8 heteroatoms. The van der Waals surface area contributed by atoms with Gasteiger partial charge in [0.25, 0.3) is 0 Å². The Bertz CT molecular complexity index is 1130. The molecular weight excluding hydrogens is 350 g/mol. The largest absolute Gasteiger partial charge is 0.302 e. The van der Waals surface area contributed by atoms with E-state index in [1.54, 1.807) is 29.2 Å². The monoisotopic (exact) mass is 363 g/mol. The smallest absolute Gasteiger partial charge is 0.229 e. The molecule has 1 aliphatic rings. The number of fused-ring (bicyclic) bond motifs is 1. The molecule has 7 nitrogen and oxygen atoms in total. The summed E-state index contributed by atoms with van der Waals surface area (Å²) in [5.41, 5.74) is 4.01. The molecule has 2 aromatic carbocycles. The average Bonchev–Trinajstić information content (AvgIpc) is 3.02. The Morgan fingerprint density at radius 3 is 2.42 bits per heavy atom. The third-order valence-electron chi connectivity index (χ3n) is 4.06. The van der Waals surface area contributed by atoms with Crippen molar-refractivity contribution in [3.8, 4) is 29.5 Å². The number of nitriles is 3. The zero-order valence-corrected chi connectivity index (χ0v) is 14.6. The van der Waals surface area contributed by atoms with Crippen molar-refractivity contribution in [2.75, 3.05) is 11.0 Å². The Kier molecular flexibility index (Phi) is 4.26. The molecule has 1 N–H and O–H groups in total. The summed E-state index contributed by atoms with van der Waals surface area (Å²) in [6.45, 7) is 0.751. The van der Waals surface area contributed by atoms with E-state index in [1.807, 2.05) is 6.07 Å². The normalized spacial score (nSPS) is 12.6. The van der Waals surface area contributed by atoms with Gasteiger partial charge in [0.15, 0.2) is 6.19 Å². The van der Waals surface area contributed by atoms with E-state index in [0.29, 0.717) is 41.0 Å². The lowest BCUT2D eigenvalue weighted by Crippen LogP contribution is -2.10. The van der Waals surface area contributed by atoms with Crippen LogP contribution in [0, 0.1) is 34.1 Å². The summed E-state index contributed by atoms with van der Waals surface area (Å²) in [7, 11) is -3.48. The lowest BCUT2D eigenvalue weighted by atomic mass is 9.92. The Morgan fingerprint density at radius 1 is 1.04 bits per heavy atom. The molecule has 128 valence electrons. The minimum Gasteiger partial charge on any atom is -0.302 e. The minimum atomic E-state index is -3.48. The second-order valence-electron chi connectivity index (χ2n) is 5.98. The van der Waals surface area contributed by atoms with Crippen molar-refractivity contribution >= 4 is 15.7 Å². The van der Waals surface area contributed by atoms with Gasteiger partial charge in [-0.2, -0.15) is 15.8 Å². The van der Waals surface area contributed by atoms with E-state index < -0.39 is 10.0 Å². The highest BCUT2D eigenvalue weighted by atomic mass is 32.2. The molecular formula is C18H13N5O2S. The predicted octanol–water partition coefficient (Wildman–Crippen LogP) is 2.27. The van der Waals surface area contributed by atoms with E-state index in [0.717, 1.165) is 17.4 Å². The van der Waals surface area contributed by atoms with Gasteiger partial charge in [0.1, 0.15) is 0 Å². The van der Waals surface area contributed by atoms with Crippen LogP contribution >= 0.6 is 0 Å². The molecule has 0 spiro atoms. The van der Waals surface area contributed by atoms with Crippen molar-refractivity contribution in [3.63, 3.8) is 0 Å². The van der Waals surface area contributed by atoms with E-state index in [-0.39, 0.29) is 0 Å². The Labute approximate surface area is 151 Å². The number of benzene rings is 2. The zero-order chi connectivity index (χ0) is 18.9. The van der Waals surface area contributed by atoms with Gasteiger partial charge in [-0.25, -0.2) is 8.42 Å². The van der Waals surface area contributed by atoms with Gasteiger partial charge >= 0.3 is 0 Å². The number of hydrogen-bond acceptors (Lipinski definition) is 6. The van der Waals surface area contributed by atoms with Crippen molar-refractivity contribution in [2.45, 2.75) is 13.1 Å². The molecule has 0 aliphatic carbocycles. The average molecular weight is 363 g/mol. The first-order valence-corrected chi connectivity index (χ1v) is 9.46. The fourth-order valence-electron chi connectivity index (χ4n) is 3.04. The first kappa shape index (κ1) is 17.3. The van der Waals surface area contributed by atoms with E-state index in [4.69, 9.17) is 5.26 Å². The highest BCUT2D eigenvalue weighted by molar-refractivity contribution is 7.92. The molecule has 0 amide bonds. The van der Waals surface area contributed by atoms with Gasteiger partial charge in [0, 0.05) is 5.69 Å². The van der Waals surface area contributed by atoms with Crippen LogP contribution in [0.15, 0.2) is 30.3 Å². The summed E-state index contributed by atoms with van der Waals surface area (Å²) < 4.78 is 25.7. The molecule has 1 aliphatic heterocycles. The molecule has 0 radical (unpaired) electrons. The first-order valence-electron chi connectivity index (χ1n) is 7.57. The van der Waals surface area contributed by atoms with E-state index >= 15 is 0 Å². The molecule has 0 saturated carbocycles. The van der Waals surface area contributed by atoms with Crippen LogP contribution in [0.25, 0.3) is 11.1 Å². The van der Waals surface area contributed by atoms with Crippen LogP contribution in [0.3, 0.4) is 0 Å². The lowest BCUT2D eigenvalue weighted by molar-refractivity contribution is 0.417. The maximum atomic E-state index is 11.6. The number of nitrogens with zero attached hydrogens (tertiary/aromatic N) is 4. The third kappa shape index (κ3) is 3.30. The van der Waals surface area contributed by atoms with Crippen molar-refractivity contribution in [1.82, 2.24) is 4.90 Å². The molecule has 0 saturated heterocycles. The van der Waals surface area contributed by atoms with Crippen molar-refractivity contribution in [1.29, 1.82) is 15.8 Å². The van der Waals surface area contributed by atoms with Gasteiger partial charge in [-0.3, -0.25) is 4.72 Å². The summed E-state index contributed by atoms with van der Waals surface area (Å²) in [5, 5.41) is 27.7.